The van der Waals surface area contributed by atoms with Gasteiger partial charge in [-0.15, -0.1) is 0 Å². The summed E-state index contributed by atoms with van der Waals surface area (Å²) in [5.74, 6) is 0.655. The molecule has 1 N–H and O–H groups in total. The highest BCUT2D eigenvalue weighted by molar-refractivity contribution is 8.05. The fourth-order valence-corrected chi connectivity index (χ4v) is 7.01. The molecule has 5 heteroatoms. The summed E-state index contributed by atoms with van der Waals surface area (Å²) in [5.41, 5.74) is 4.48. The Morgan fingerprint density at radius 2 is 1.62 bits per heavy atom. The van der Waals surface area contributed by atoms with Crippen LogP contribution in [0.4, 0.5) is 5.69 Å². The van der Waals surface area contributed by atoms with Crippen LogP contribution in [0.1, 0.15) is 43.7 Å². The van der Waals surface area contributed by atoms with Gasteiger partial charge in [-0.1, -0.05) is 98.3 Å². The summed E-state index contributed by atoms with van der Waals surface area (Å²) in [6, 6.07) is 29.5. The molecule has 1 amide bonds. The van der Waals surface area contributed by atoms with Crippen molar-refractivity contribution in [2.24, 2.45) is 5.92 Å². The summed E-state index contributed by atoms with van der Waals surface area (Å²) in [6.45, 7) is 3.11. The number of benzene rings is 3. The lowest BCUT2D eigenvalue weighted by Crippen LogP contribution is -2.48. The summed E-state index contributed by atoms with van der Waals surface area (Å²) in [6.07, 6.45) is 9.02. The van der Waals surface area contributed by atoms with Crippen molar-refractivity contribution >= 4 is 40.3 Å². The third-order valence-electron chi connectivity index (χ3n) is 7.73. The van der Waals surface area contributed by atoms with Crippen molar-refractivity contribution in [3.8, 4) is 0 Å². The number of amides is 1. The van der Waals surface area contributed by atoms with Crippen LogP contribution in [0, 0.1) is 5.92 Å². The minimum absolute atomic E-state index is 0.107. The van der Waals surface area contributed by atoms with Crippen LogP contribution >= 0.6 is 11.8 Å². The first-order valence-electron chi connectivity index (χ1n) is 13.3. The molecular formula is C32H33N3OS. The fourth-order valence-electron chi connectivity index (χ4n) is 5.81. The molecule has 1 unspecified atom stereocenters. The number of thioether (sulfide) groups is 1. The van der Waals surface area contributed by atoms with Crippen molar-refractivity contribution in [3.63, 3.8) is 0 Å². The fraction of sp³-hybridized carbons (Fsp3) is 0.281. The number of carbonyl (C=O) groups is 1. The maximum Gasteiger partial charge on any atom is 0.262 e. The van der Waals surface area contributed by atoms with E-state index in [0.29, 0.717) is 5.92 Å². The van der Waals surface area contributed by atoms with Crippen LogP contribution in [0.3, 0.4) is 0 Å². The lowest BCUT2D eigenvalue weighted by molar-refractivity contribution is -0.129. The molecule has 6 rings (SSSR count). The maximum absolute atomic E-state index is 14.0. The van der Waals surface area contributed by atoms with Crippen molar-refractivity contribution < 1.29 is 4.79 Å². The van der Waals surface area contributed by atoms with Crippen molar-refractivity contribution in [2.75, 3.05) is 5.32 Å². The van der Waals surface area contributed by atoms with Crippen LogP contribution in [-0.4, -0.2) is 26.9 Å². The van der Waals surface area contributed by atoms with E-state index in [2.05, 4.69) is 101 Å². The summed E-state index contributed by atoms with van der Waals surface area (Å²) < 4.78 is 2.29. The van der Waals surface area contributed by atoms with Crippen LogP contribution in [-0.2, 0) is 11.3 Å². The van der Waals surface area contributed by atoms with Crippen LogP contribution < -0.4 is 5.32 Å². The normalized spacial score (nSPS) is 23.2. The second-order valence-corrected chi connectivity index (χ2v) is 11.4. The van der Waals surface area contributed by atoms with Crippen molar-refractivity contribution in [1.29, 1.82) is 0 Å². The number of nitrogens with zero attached hydrogens (tertiary/aromatic N) is 2. The van der Waals surface area contributed by atoms with Crippen LogP contribution in [0.2, 0.25) is 0 Å². The summed E-state index contributed by atoms with van der Waals surface area (Å²) in [7, 11) is 0. The molecule has 37 heavy (non-hydrogen) atoms. The third-order valence-corrected chi connectivity index (χ3v) is 8.84. The highest BCUT2D eigenvalue weighted by Gasteiger charge is 2.43. The molecule has 1 saturated heterocycles. The summed E-state index contributed by atoms with van der Waals surface area (Å²) in [5, 5.41) is 4.83. The molecule has 0 spiro atoms. The quantitative estimate of drug-likeness (QED) is 0.273. The number of para-hydroxylation sites is 2. The SMILES string of the molecule is C[C@H]1CCCC[C@H]1N1C(=O)/C(=C/c2cn(Cc3ccccc3)c3ccccc23)SC1Nc1ccccc1. The lowest BCUT2D eigenvalue weighted by Gasteiger charge is -2.39. The van der Waals surface area contributed by atoms with Gasteiger partial charge in [0.1, 0.15) is 0 Å². The number of nitrogens with one attached hydrogen (secondary N) is 1. The Bertz CT molecular complexity index is 1410. The molecule has 1 aromatic heterocycles. The number of anilines is 1. The minimum atomic E-state index is -0.107. The zero-order chi connectivity index (χ0) is 25.2. The van der Waals surface area contributed by atoms with Gasteiger partial charge in [0, 0.05) is 40.9 Å². The van der Waals surface area contributed by atoms with E-state index in [1.165, 1.54) is 35.7 Å². The molecular weight excluding hydrogens is 474 g/mol. The highest BCUT2D eigenvalue weighted by Crippen LogP contribution is 2.42. The summed E-state index contributed by atoms with van der Waals surface area (Å²) >= 11 is 1.65. The monoisotopic (exact) mass is 507 g/mol. The van der Waals surface area contributed by atoms with E-state index in [1.54, 1.807) is 11.8 Å². The van der Waals surface area contributed by atoms with E-state index in [4.69, 9.17) is 0 Å². The van der Waals surface area contributed by atoms with Crippen molar-refractivity contribution in [1.82, 2.24) is 9.47 Å². The average Bonchev–Trinajstić information content (AvgIpc) is 3.42. The number of hydrogen-bond donors (Lipinski definition) is 1. The van der Waals surface area contributed by atoms with Gasteiger partial charge in [-0.25, -0.2) is 0 Å². The van der Waals surface area contributed by atoms with Gasteiger partial charge in [-0.05, 0) is 48.6 Å². The summed E-state index contributed by atoms with van der Waals surface area (Å²) in [4.78, 5) is 16.9. The predicted molar refractivity (Wildman–Crippen MR) is 155 cm³/mol. The largest absolute Gasteiger partial charge is 0.356 e. The van der Waals surface area contributed by atoms with Gasteiger partial charge in [0.25, 0.3) is 5.91 Å². The van der Waals surface area contributed by atoms with Gasteiger partial charge < -0.3 is 14.8 Å². The van der Waals surface area contributed by atoms with Crippen molar-refractivity contribution in [2.45, 2.75) is 50.7 Å². The number of aromatic nitrogens is 1. The Balaban J connectivity index is 1.36. The minimum Gasteiger partial charge on any atom is -0.356 e. The zero-order valence-electron chi connectivity index (χ0n) is 21.2. The Kier molecular flexibility index (Phi) is 6.79. The molecule has 2 heterocycles. The van der Waals surface area contributed by atoms with Crippen LogP contribution in [0.25, 0.3) is 17.0 Å². The van der Waals surface area contributed by atoms with E-state index in [-0.39, 0.29) is 17.4 Å². The highest BCUT2D eigenvalue weighted by atomic mass is 32.2. The van der Waals surface area contributed by atoms with Crippen molar-refractivity contribution in [3.05, 3.63) is 107 Å². The Labute approximate surface area is 223 Å². The first-order chi connectivity index (χ1) is 18.2. The first-order valence-corrected chi connectivity index (χ1v) is 14.2. The van der Waals surface area contributed by atoms with Crippen LogP contribution in [0.15, 0.2) is 96.0 Å². The first kappa shape index (κ1) is 23.9. The zero-order valence-corrected chi connectivity index (χ0v) is 22.0. The molecule has 1 aliphatic heterocycles. The Morgan fingerprint density at radius 3 is 2.41 bits per heavy atom. The standard InChI is InChI=1S/C32H33N3OS/c1-23-12-8-10-18-28(23)35-31(36)30(37-32(35)33-26-15-6-3-7-16-26)20-25-22-34(21-24-13-4-2-5-14-24)29-19-11-9-17-27(25)29/h2-7,9,11,13-17,19-20,22-23,28,32-33H,8,10,12,18,21H2,1H3/b30-20-/t23-,28+,32?/m0/s1. The van der Waals surface area contributed by atoms with Crippen LogP contribution in [0.5, 0.6) is 0 Å². The van der Waals surface area contributed by atoms with E-state index < -0.39 is 0 Å². The molecule has 4 nitrogen and oxygen atoms in total. The molecule has 0 bridgehead atoms. The van der Waals surface area contributed by atoms with E-state index in [0.717, 1.165) is 29.1 Å². The number of hydrogen-bond acceptors (Lipinski definition) is 3. The second kappa shape index (κ2) is 10.5. The van der Waals surface area contributed by atoms with Gasteiger partial charge in [-0.2, -0.15) is 0 Å². The number of rotatable bonds is 6. The maximum atomic E-state index is 14.0. The smallest absolute Gasteiger partial charge is 0.262 e. The van der Waals surface area contributed by atoms with Gasteiger partial charge >= 0.3 is 0 Å². The molecule has 3 atom stereocenters. The predicted octanol–water partition coefficient (Wildman–Crippen LogP) is 7.58. The lowest BCUT2D eigenvalue weighted by atomic mass is 9.85. The average molecular weight is 508 g/mol. The topological polar surface area (TPSA) is 37.3 Å². The Hall–Kier alpha value is -3.44. The second-order valence-electron chi connectivity index (χ2n) is 10.2. The van der Waals surface area contributed by atoms with Gasteiger partial charge in [0.15, 0.2) is 5.50 Å². The molecule has 2 aliphatic rings. The van der Waals surface area contributed by atoms with E-state index in [1.807, 2.05) is 18.2 Å². The van der Waals surface area contributed by atoms with Gasteiger partial charge in [-0.3, -0.25) is 4.79 Å². The van der Waals surface area contributed by atoms with Gasteiger partial charge in [0.05, 0.1) is 4.91 Å². The molecule has 1 aliphatic carbocycles. The molecule has 1 saturated carbocycles. The van der Waals surface area contributed by atoms with Gasteiger partial charge in [0.2, 0.25) is 0 Å². The molecule has 0 radical (unpaired) electrons. The molecule has 2 fully saturated rings. The third kappa shape index (κ3) is 4.93. The molecule has 188 valence electrons. The molecule has 3 aromatic carbocycles. The number of carbonyl (C=O) groups excluding carboxylic acids is 1. The number of fused-ring (bicyclic) bond motifs is 1. The van der Waals surface area contributed by atoms with E-state index in [9.17, 15) is 4.79 Å². The Morgan fingerprint density at radius 1 is 0.919 bits per heavy atom. The molecule has 4 aromatic rings. The van der Waals surface area contributed by atoms with E-state index >= 15 is 0 Å².